The zero-order valence-corrected chi connectivity index (χ0v) is 27.6. The monoisotopic (exact) mass is 661 g/mol. The van der Waals surface area contributed by atoms with E-state index in [1.54, 1.807) is 62.3 Å². The molecule has 1 aromatic heterocycles. The first-order valence-electron chi connectivity index (χ1n) is 14.0. The summed E-state index contributed by atoms with van der Waals surface area (Å²) in [6.07, 6.45) is -8.74. The van der Waals surface area contributed by atoms with Crippen molar-refractivity contribution in [3.8, 4) is 0 Å². The summed E-state index contributed by atoms with van der Waals surface area (Å²) in [6, 6.07) is -1.25. The van der Waals surface area contributed by atoms with Crippen molar-refractivity contribution in [3.63, 3.8) is 0 Å². The molecule has 0 aliphatic carbocycles. The Bertz CT molecular complexity index is 1420. The molecule has 19 heteroatoms. The fourth-order valence-corrected chi connectivity index (χ4v) is 5.67. The Morgan fingerprint density at radius 3 is 2.07 bits per heavy atom. The number of aliphatic hydroxyl groups excluding tert-OH is 1. The van der Waals surface area contributed by atoms with Gasteiger partial charge in [-0.05, 0) is 62.3 Å². The van der Waals surface area contributed by atoms with Crippen LogP contribution in [0.15, 0.2) is 4.79 Å². The number of nitrogens with zero attached hydrogens (tertiary/aromatic N) is 3. The first-order chi connectivity index (χ1) is 20.5. The smallest absolute Gasteiger partial charge is 0.443 e. The highest BCUT2D eigenvalue weighted by Gasteiger charge is 2.57. The number of anilines is 3. The summed E-state index contributed by atoms with van der Waals surface area (Å²) in [4.78, 5) is 61.7. The number of amides is 3. The van der Waals surface area contributed by atoms with Gasteiger partial charge in [-0.1, -0.05) is 0 Å². The number of aromatic nitrogens is 2. The second kappa shape index (κ2) is 11.8. The molecule has 1 aromatic rings. The minimum atomic E-state index is -4.02. The summed E-state index contributed by atoms with van der Waals surface area (Å²) in [5.74, 6) is -1.05. The lowest BCUT2D eigenvalue weighted by Gasteiger charge is -2.51. The molecule has 6 atom stereocenters. The topological polar surface area (TPSA) is 217 Å². The summed E-state index contributed by atoms with van der Waals surface area (Å²) < 4.78 is 50.6. The predicted molar refractivity (Wildman–Crippen MR) is 156 cm³/mol. The highest BCUT2D eigenvalue weighted by atomic mass is 31.2. The van der Waals surface area contributed by atoms with Gasteiger partial charge in [-0.2, -0.15) is 4.98 Å². The van der Waals surface area contributed by atoms with E-state index < -0.39 is 90.8 Å². The Labute approximate surface area is 259 Å². The molecule has 3 aliphatic rings. The van der Waals surface area contributed by atoms with Gasteiger partial charge in [-0.15, -0.1) is 4.90 Å². The predicted octanol–water partition coefficient (Wildman–Crippen LogP) is 3.24. The number of ether oxygens (including phenoxy) is 4. The van der Waals surface area contributed by atoms with Crippen molar-refractivity contribution in [2.75, 3.05) is 28.8 Å². The molecule has 252 valence electrons. The molecule has 3 amide bonds. The zero-order chi connectivity index (χ0) is 33.9. The molecule has 0 bridgehead atoms. The van der Waals surface area contributed by atoms with Crippen LogP contribution >= 0.6 is 7.82 Å². The van der Waals surface area contributed by atoms with E-state index in [0.717, 1.165) is 12.0 Å². The molecular weight excluding hydrogens is 621 g/mol. The lowest BCUT2D eigenvalue weighted by atomic mass is 9.94. The molecule has 6 unspecified atom stereocenters. The summed E-state index contributed by atoms with van der Waals surface area (Å²) in [7, 11) is -2.91. The molecule has 4 heterocycles. The number of phosphoric acid groups is 1. The van der Waals surface area contributed by atoms with Crippen LogP contribution in [0.2, 0.25) is 0 Å². The number of phosphoric ester groups is 1. The summed E-state index contributed by atoms with van der Waals surface area (Å²) in [6.45, 7) is 13.9. The van der Waals surface area contributed by atoms with E-state index >= 15 is 0 Å². The number of rotatable bonds is 2. The standard InChI is InChI=1S/C26H40N5O13P/c1-24(2,3)41-21(34)30-17-14(27-13-15(32)16-12(40-19(13)30)11-39-45(37,38-10)44-16)18(33)29-20(28-17)31(22(35)42-25(4,5)6)23(36)43-26(7,8)9/h12-13,15-16,19,27,32H,11H2,1-10H3,(H,28,29,33). The van der Waals surface area contributed by atoms with E-state index in [0.29, 0.717) is 4.90 Å². The van der Waals surface area contributed by atoms with E-state index in [2.05, 4.69) is 15.3 Å². The van der Waals surface area contributed by atoms with Crippen LogP contribution in [0.25, 0.3) is 0 Å². The minimum Gasteiger partial charge on any atom is -0.443 e. The number of aliphatic hydroxyl groups is 1. The van der Waals surface area contributed by atoms with Crippen molar-refractivity contribution >= 4 is 43.6 Å². The number of nitrogens with one attached hydrogen (secondary N) is 2. The maximum absolute atomic E-state index is 13.7. The number of fused-ring (bicyclic) bond motifs is 3. The van der Waals surface area contributed by atoms with Crippen molar-refractivity contribution < 1.29 is 56.6 Å². The van der Waals surface area contributed by atoms with Crippen molar-refractivity contribution in [2.45, 2.75) is 110 Å². The second-order valence-electron chi connectivity index (χ2n) is 13.5. The highest BCUT2D eigenvalue weighted by molar-refractivity contribution is 7.48. The molecule has 0 spiro atoms. The fourth-order valence-electron chi connectivity index (χ4n) is 4.53. The first kappa shape index (κ1) is 34.6. The van der Waals surface area contributed by atoms with Gasteiger partial charge in [0.05, 0.1) is 6.61 Å². The molecule has 3 aliphatic heterocycles. The number of imide groups is 1. The van der Waals surface area contributed by atoms with Crippen molar-refractivity contribution in [1.82, 2.24) is 9.97 Å². The van der Waals surface area contributed by atoms with Gasteiger partial charge in [0.25, 0.3) is 5.56 Å². The third kappa shape index (κ3) is 7.58. The lowest BCUT2D eigenvalue weighted by molar-refractivity contribution is -0.198. The third-order valence-corrected chi connectivity index (χ3v) is 7.61. The Balaban J connectivity index is 1.85. The number of hydrogen-bond donors (Lipinski definition) is 3. The maximum atomic E-state index is 13.7. The van der Waals surface area contributed by atoms with E-state index in [-0.39, 0.29) is 12.3 Å². The molecule has 45 heavy (non-hydrogen) atoms. The Morgan fingerprint density at radius 1 is 1.00 bits per heavy atom. The van der Waals surface area contributed by atoms with E-state index in [1.165, 1.54) is 0 Å². The number of hydrogen-bond acceptors (Lipinski definition) is 15. The third-order valence-electron chi connectivity index (χ3n) is 6.20. The maximum Gasteiger partial charge on any atom is 0.475 e. The molecule has 4 rings (SSSR count). The SMILES string of the molecule is COP1(=O)OCC2OC3C(Nc4c(nc(N(C(=O)OC(C)(C)C)C(=O)OC(C)(C)C)[nH]c4=O)N3C(=O)OC(C)(C)C)C(O)C2O1. The molecule has 2 saturated heterocycles. The van der Waals surface area contributed by atoms with Crippen LogP contribution in [0.3, 0.4) is 0 Å². The van der Waals surface area contributed by atoms with Crippen LogP contribution in [0.1, 0.15) is 62.3 Å². The van der Waals surface area contributed by atoms with Gasteiger partial charge in [-0.3, -0.25) is 23.3 Å². The molecule has 0 saturated carbocycles. The van der Waals surface area contributed by atoms with E-state index in [4.69, 9.17) is 32.5 Å². The highest BCUT2D eigenvalue weighted by Crippen LogP contribution is 2.55. The molecule has 18 nitrogen and oxygen atoms in total. The van der Waals surface area contributed by atoms with Gasteiger partial charge < -0.3 is 29.4 Å². The van der Waals surface area contributed by atoms with Crippen molar-refractivity contribution in [3.05, 3.63) is 10.4 Å². The van der Waals surface area contributed by atoms with Crippen LogP contribution in [-0.4, -0.2) is 94.5 Å². The Hall–Kier alpha value is -3.28. The number of carbonyl (C=O) groups excluding carboxylic acids is 3. The number of H-pyrrole nitrogens is 1. The van der Waals surface area contributed by atoms with Gasteiger partial charge in [0.2, 0.25) is 5.95 Å². The quantitative estimate of drug-likeness (QED) is 0.306. The van der Waals surface area contributed by atoms with Crippen LogP contribution < -0.4 is 20.7 Å². The number of aromatic amines is 1. The summed E-state index contributed by atoms with van der Waals surface area (Å²) >= 11 is 0. The second-order valence-corrected chi connectivity index (χ2v) is 15.2. The van der Waals surface area contributed by atoms with Crippen LogP contribution in [-0.2, 0) is 37.1 Å². The number of carbonyl (C=O) groups is 3. The van der Waals surface area contributed by atoms with Crippen LogP contribution in [0.5, 0.6) is 0 Å². The van der Waals surface area contributed by atoms with Gasteiger partial charge in [0.15, 0.2) is 12.0 Å². The van der Waals surface area contributed by atoms with Crippen molar-refractivity contribution in [2.24, 2.45) is 0 Å². The zero-order valence-electron chi connectivity index (χ0n) is 26.7. The first-order valence-corrected chi connectivity index (χ1v) is 15.5. The average molecular weight is 662 g/mol. The average Bonchev–Trinajstić information content (AvgIpc) is 2.85. The van der Waals surface area contributed by atoms with Gasteiger partial charge >= 0.3 is 26.1 Å². The van der Waals surface area contributed by atoms with Crippen molar-refractivity contribution in [1.29, 1.82) is 0 Å². The molecular formula is C26H40N5O13P. The molecule has 2 fully saturated rings. The minimum absolute atomic E-state index is 0.343. The Kier molecular flexibility index (Phi) is 9.09. The fraction of sp³-hybridized carbons (Fsp3) is 0.731. The van der Waals surface area contributed by atoms with E-state index in [9.17, 15) is 28.8 Å². The van der Waals surface area contributed by atoms with Gasteiger partial charge in [-0.25, -0.2) is 23.8 Å². The van der Waals surface area contributed by atoms with Gasteiger partial charge in [0.1, 0.15) is 46.8 Å². The van der Waals surface area contributed by atoms with Gasteiger partial charge in [0, 0.05) is 7.11 Å². The normalized spacial score (nSPS) is 28.1. The van der Waals surface area contributed by atoms with Crippen LogP contribution in [0, 0.1) is 0 Å². The molecule has 0 radical (unpaired) electrons. The summed E-state index contributed by atoms with van der Waals surface area (Å²) in [5, 5.41) is 14.2. The van der Waals surface area contributed by atoms with E-state index in [1.807, 2.05) is 0 Å². The molecule has 0 aromatic carbocycles. The summed E-state index contributed by atoms with van der Waals surface area (Å²) in [5.41, 5.74) is -4.48. The Morgan fingerprint density at radius 2 is 1.56 bits per heavy atom. The lowest BCUT2D eigenvalue weighted by Crippen LogP contribution is -2.70. The largest absolute Gasteiger partial charge is 0.475 e. The molecule has 3 N–H and O–H groups in total. The van der Waals surface area contributed by atoms with Crippen LogP contribution in [0.4, 0.5) is 31.8 Å².